The van der Waals surface area contributed by atoms with Gasteiger partial charge in [0.15, 0.2) is 0 Å². The standard InChI is InChI=1S/C33H69N/c1-4-7-10-13-15-17-19-21-23-26-29-32-34(31-28-25-12-9-6-3)33-30-27-24-22-20-18-16-14-11-8-5-2/h4-33H2,1-3H3. The van der Waals surface area contributed by atoms with Crippen LogP contribution in [0.25, 0.3) is 0 Å². The minimum absolute atomic E-state index is 1.36. The van der Waals surface area contributed by atoms with E-state index in [0.29, 0.717) is 0 Å². The van der Waals surface area contributed by atoms with Gasteiger partial charge in [-0.15, -0.1) is 0 Å². The number of hydrogen-bond acceptors (Lipinski definition) is 1. The SMILES string of the molecule is CCCCCCCCCCCCCN(CCCCCCC)CCCCCCCCCCCCC. The topological polar surface area (TPSA) is 3.24 Å². The Balaban J connectivity index is 3.73. The third kappa shape index (κ3) is 28.2. The average Bonchev–Trinajstić information content (AvgIpc) is 2.85. The van der Waals surface area contributed by atoms with E-state index in [-0.39, 0.29) is 0 Å². The highest BCUT2D eigenvalue weighted by atomic mass is 15.1. The van der Waals surface area contributed by atoms with Crippen molar-refractivity contribution in [2.75, 3.05) is 19.6 Å². The Hall–Kier alpha value is -0.0400. The largest absolute Gasteiger partial charge is 0.303 e. The molecular weight excluding hydrogens is 410 g/mol. The summed E-state index contributed by atoms with van der Waals surface area (Å²) in [6.45, 7) is 11.0. The van der Waals surface area contributed by atoms with E-state index in [1.165, 1.54) is 193 Å². The van der Waals surface area contributed by atoms with E-state index in [1.54, 1.807) is 0 Å². The molecule has 0 atom stereocenters. The molecule has 0 N–H and O–H groups in total. The number of rotatable bonds is 30. The van der Waals surface area contributed by atoms with E-state index >= 15 is 0 Å². The van der Waals surface area contributed by atoms with Crippen molar-refractivity contribution in [3.8, 4) is 0 Å². The molecule has 0 radical (unpaired) electrons. The minimum Gasteiger partial charge on any atom is -0.303 e. The lowest BCUT2D eigenvalue weighted by molar-refractivity contribution is 0.254. The molecule has 0 bridgehead atoms. The first-order chi connectivity index (χ1) is 16.8. The molecule has 34 heavy (non-hydrogen) atoms. The zero-order valence-corrected chi connectivity index (χ0v) is 24.7. The first-order valence-corrected chi connectivity index (χ1v) is 16.6. The smallest absolute Gasteiger partial charge is 0.00187 e. The molecule has 0 aromatic heterocycles. The van der Waals surface area contributed by atoms with Gasteiger partial charge in [0.05, 0.1) is 0 Å². The average molecular weight is 480 g/mol. The molecular formula is C33H69N. The van der Waals surface area contributed by atoms with Crippen molar-refractivity contribution in [2.24, 2.45) is 0 Å². The summed E-state index contributed by atoms with van der Waals surface area (Å²) in [5, 5.41) is 0. The van der Waals surface area contributed by atoms with Crippen molar-refractivity contribution in [1.82, 2.24) is 4.90 Å². The van der Waals surface area contributed by atoms with Crippen LogP contribution in [0, 0.1) is 0 Å². The van der Waals surface area contributed by atoms with E-state index in [0.717, 1.165) is 0 Å². The molecule has 0 unspecified atom stereocenters. The van der Waals surface area contributed by atoms with Crippen molar-refractivity contribution in [2.45, 2.75) is 194 Å². The summed E-state index contributed by atoms with van der Waals surface area (Å²) in [6.07, 6.45) is 39.1. The first kappa shape index (κ1) is 34.0. The summed E-state index contributed by atoms with van der Waals surface area (Å²) in [4.78, 5) is 2.83. The Morgan fingerprint density at radius 2 is 0.412 bits per heavy atom. The van der Waals surface area contributed by atoms with Gasteiger partial charge in [-0.05, 0) is 38.9 Å². The van der Waals surface area contributed by atoms with Crippen LogP contribution in [0.3, 0.4) is 0 Å². The zero-order valence-electron chi connectivity index (χ0n) is 24.7. The Kier molecular flexibility index (Phi) is 31.0. The van der Waals surface area contributed by atoms with E-state index in [2.05, 4.69) is 25.7 Å². The van der Waals surface area contributed by atoms with Gasteiger partial charge in [0.25, 0.3) is 0 Å². The second-order valence-corrected chi connectivity index (χ2v) is 11.3. The summed E-state index contributed by atoms with van der Waals surface area (Å²) >= 11 is 0. The Morgan fingerprint density at radius 1 is 0.235 bits per heavy atom. The van der Waals surface area contributed by atoms with Gasteiger partial charge in [0.1, 0.15) is 0 Å². The highest BCUT2D eigenvalue weighted by Gasteiger charge is 2.05. The van der Waals surface area contributed by atoms with Gasteiger partial charge < -0.3 is 4.90 Å². The molecule has 206 valence electrons. The number of nitrogens with zero attached hydrogens (tertiary/aromatic N) is 1. The molecule has 0 aliphatic carbocycles. The summed E-state index contributed by atoms with van der Waals surface area (Å²) < 4.78 is 0. The lowest BCUT2D eigenvalue weighted by Gasteiger charge is -2.22. The summed E-state index contributed by atoms with van der Waals surface area (Å²) in [7, 11) is 0. The lowest BCUT2D eigenvalue weighted by Crippen LogP contribution is -2.27. The summed E-state index contributed by atoms with van der Waals surface area (Å²) in [5.74, 6) is 0. The first-order valence-electron chi connectivity index (χ1n) is 16.6. The molecule has 0 amide bonds. The third-order valence-electron chi connectivity index (χ3n) is 7.73. The molecule has 0 saturated carbocycles. The summed E-state index contributed by atoms with van der Waals surface area (Å²) in [6, 6.07) is 0. The van der Waals surface area contributed by atoms with Crippen LogP contribution < -0.4 is 0 Å². The molecule has 0 aromatic carbocycles. The van der Waals surface area contributed by atoms with Crippen molar-refractivity contribution in [1.29, 1.82) is 0 Å². The van der Waals surface area contributed by atoms with E-state index in [1.807, 2.05) is 0 Å². The van der Waals surface area contributed by atoms with Crippen LogP contribution in [0.4, 0.5) is 0 Å². The van der Waals surface area contributed by atoms with Gasteiger partial charge in [-0.1, -0.05) is 175 Å². The fourth-order valence-corrected chi connectivity index (χ4v) is 5.27. The fourth-order valence-electron chi connectivity index (χ4n) is 5.27. The van der Waals surface area contributed by atoms with Crippen LogP contribution in [0.2, 0.25) is 0 Å². The van der Waals surface area contributed by atoms with Gasteiger partial charge in [-0.25, -0.2) is 0 Å². The zero-order chi connectivity index (χ0) is 24.8. The highest BCUT2D eigenvalue weighted by Crippen LogP contribution is 2.14. The molecule has 0 spiro atoms. The van der Waals surface area contributed by atoms with Crippen LogP contribution in [-0.4, -0.2) is 24.5 Å². The maximum Gasteiger partial charge on any atom is -0.00187 e. The van der Waals surface area contributed by atoms with Crippen LogP contribution in [0.5, 0.6) is 0 Å². The summed E-state index contributed by atoms with van der Waals surface area (Å²) in [5.41, 5.74) is 0. The highest BCUT2D eigenvalue weighted by molar-refractivity contribution is 4.60. The molecule has 1 heteroatoms. The molecule has 0 fully saturated rings. The monoisotopic (exact) mass is 480 g/mol. The molecule has 1 nitrogen and oxygen atoms in total. The van der Waals surface area contributed by atoms with Gasteiger partial charge in [-0.2, -0.15) is 0 Å². The van der Waals surface area contributed by atoms with Crippen LogP contribution in [0.1, 0.15) is 194 Å². The molecule has 0 heterocycles. The second kappa shape index (κ2) is 31.0. The van der Waals surface area contributed by atoms with E-state index < -0.39 is 0 Å². The van der Waals surface area contributed by atoms with Crippen LogP contribution in [0.15, 0.2) is 0 Å². The fraction of sp³-hybridized carbons (Fsp3) is 1.00. The number of hydrogen-bond donors (Lipinski definition) is 0. The second-order valence-electron chi connectivity index (χ2n) is 11.3. The van der Waals surface area contributed by atoms with E-state index in [9.17, 15) is 0 Å². The van der Waals surface area contributed by atoms with Crippen LogP contribution in [-0.2, 0) is 0 Å². The van der Waals surface area contributed by atoms with Crippen LogP contribution >= 0.6 is 0 Å². The Labute approximate surface area is 218 Å². The van der Waals surface area contributed by atoms with Crippen molar-refractivity contribution in [3.05, 3.63) is 0 Å². The van der Waals surface area contributed by atoms with E-state index in [4.69, 9.17) is 0 Å². The molecule has 0 aromatic rings. The predicted molar refractivity (Wildman–Crippen MR) is 158 cm³/mol. The Morgan fingerprint density at radius 3 is 0.618 bits per heavy atom. The lowest BCUT2D eigenvalue weighted by atomic mass is 10.1. The normalized spacial score (nSPS) is 11.6. The predicted octanol–water partition coefficient (Wildman–Crippen LogP) is 11.9. The molecule has 0 aliphatic heterocycles. The molecule has 0 aliphatic rings. The quantitative estimate of drug-likeness (QED) is 0.0925. The van der Waals surface area contributed by atoms with Gasteiger partial charge in [-0.3, -0.25) is 0 Å². The van der Waals surface area contributed by atoms with Crippen molar-refractivity contribution in [3.63, 3.8) is 0 Å². The van der Waals surface area contributed by atoms with Crippen molar-refractivity contribution >= 4 is 0 Å². The maximum absolute atomic E-state index is 2.83. The molecule has 0 saturated heterocycles. The van der Waals surface area contributed by atoms with Gasteiger partial charge in [0.2, 0.25) is 0 Å². The van der Waals surface area contributed by atoms with Gasteiger partial charge in [0, 0.05) is 0 Å². The third-order valence-corrected chi connectivity index (χ3v) is 7.73. The molecule has 0 rings (SSSR count). The maximum atomic E-state index is 2.83. The number of unbranched alkanes of at least 4 members (excludes halogenated alkanes) is 24. The minimum atomic E-state index is 1.36. The Bertz CT molecular complexity index is 313. The van der Waals surface area contributed by atoms with Crippen molar-refractivity contribution < 1.29 is 0 Å². The van der Waals surface area contributed by atoms with Gasteiger partial charge >= 0.3 is 0 Å².